The lowest BCUT2D eigenvalue weighted by Crippen LogP contribution is -2.37. The Labute approximate surface area is 167 Å². The van der Waals surface area contributed by atoms with Crippen molar-refractivity contribution >= 4 is 15.6 Å². The van der Waals surface area contributed by atoms with Crippen LogP contribution in [0.5, 0.6) is 0 Å². The van der Waals surface area contributed by atoms with Crippen LogP contribution in [0.1, 0.15) is 6.23 Å². The number of ether oxygens (including phenoxy) is 3. The second kappa shape index (κ2) is 10.4. The maximum absolute atomic E-state index is 11.7. The SMILES string of the molecule is C1COCO1.O=c1ccn([C@@H]2O[C@H](COP(=O)(O)OP(=O)(O)O)[C@@H](O)[C@H]2O)c(=O)[nH]1. The topological polar surface area (TPSA) is 236 Å². The Bertz CT molecular complexity index is 899. The van der Waals surface area contributed by atoms with Crippen LogP contribution in [-0.2, 0) is 32.2 Å². The number of hydrogen-bond donors (Lipinski definition) is 6. The normalized spacial score (nSPS) is 28.6. The van der Waals surface area contributed by atoms with Crippen LogP contribution in [0, 0.1) is 0 Å². The largest absolute Gasteiger partial charge is 0.481 e. The fourth-order valence-electron chi connectivity index (χ4n) is 2.34. The summed E-state index contributed by atoms with van der Waals surface area (Å²) in [6.07, 6.45) is -5.25. The summed E-state index contributed by atoms with van der Waals surface area (Å²) in [4.78, 5) is 50.7. The molecule has 0 saturated carbocycles. The van der Waals surface area contributed by atoms with Gasteiger partial charge in [-0.1, -0.05) is 0 Å². The molecule has 30 heavy (non-hydrogen) atoms. The molecule has 2 aliphatic heterocycles. The molecule has 1 unspecified atom stereocenters. The number of aliphatic hydroxyl groups excluding tert-OH is 2. The average Bonchev–Trinajstić information content (AvgIpc) is 3.26. The van der Waals surface area contributed by atoms with Crippen LogP contribution in [0.15, 0.2) is 21.9 Å². The lowest BCUT2D eigenvalue weighted by atomic mass is 10.1. The molecule has 0 bridgehead atoms. The molecule has 3 rings (SSSR count). The van der Waals surface area contributed by atoms with E-state index >= 15 is 0 Å². The number of aromatic nitrogens is 2. The van der Waals surface area contributed by atoms with Crippen molar-refractivity contribution in [2.24, 2.45) is 0 Å². The van der Waals surface area contributed by atoms with Gasteiger partial charge in [-0.25, -0.2) is 13.9 Å². The van der Waals surface area contributed by atoms with E-state index in [0.717, 1.165) is 30.0 Å². The minimum absolute atomic E-state index is 0.500. The standard InChI is InChI=1S/C9H14N2O12P2.C3H6O2/c12-5-1-2-11(9(15)10-5)8-7(14)6(13)4(22-8)3-21-25(19,20)23-24(16,17)18;1-2-5-3-4-1/h1-2,4,6-8,13-14H,3H2,(H,19,20)(H,10,12,15)(H2,16,17,18);1-3H2/t4-,6-,7-,8-;/m1./s1. The third-order valence-corrected chi connectivity index (χ3v) is 5.76. The average molecular weight is 478 g/mol. The lowest BCUT2D eigenvalue weighted by molar-refractivity contribution is -0.0542. The molecule has 3 heterocycles. The maximum Gasteiger partial charge on any atom is 0.481 e. The van der Waals surface area contributed by atoms with E-state index in [0.29, 0.717) is 6.79 Å². The van der Waals surface area contributed by atoms with Gasteiger partial charge in [0.25, 0.3) is 5.56 Å². The minimum atomic E-state index is -5.32. The predicted molar refractivity (Wildman–Crippen MR) is 92.9 cm³/mol. The van der Waals surface area contributed by atoms with E-state index < -0.39 is 58.0 Å². The van der Waals surface area contributed by atoms with Gasteiger partial charge in [0, 0.05) is 12.3 Å². The van der Waals surface area contributed by atoms with Gasteiger partial charge in [0.2, 0.25) is 0 Å². The van der Waals surface area contributed by atoms with E-state index in [4.69, 9.17) is 28.9 Å². The minimum Gasteiger partial charge on any atom is -0.387 e. The number of phosphoric acid groups is 2. The van der Waals surface area contributed by atoms with Crippen LogP contribution in [0.25, 0.3) is 0 Å². The summed E-state index contributed by atoms with van der Waals surface area (Å²) in [5, 5.41) is 19.8. The number of nitrogens with zero attached hydrogens (tertiary/aromatic N) is 1. The van der Waals surface area contributed by atoms with Crippen molar-refractivity contribution in [2.45, 2.75) is 24.5 Å². The van der Waals surface area contributed by atoms with Gasteiger partial charge in [0.05, 0.1) is 19.8 Å². The Morgan fingerprint density at radius 2 is 1.77 bits per heavy atom. The quantitative estimate of drug-likeness (QED) is 0.230. The number of H-pyrrole nitrogens is 1. The first-order valence-corrected chi connectivity index (χ1v) is 11.1. The van der Waals surface area contributed by atoms with Crippen LogP contribution in [0.4, 0.5) is 0 Å². The monoisotopic (exact) mass is 478 g/mol. The van der Waals surface area contributed by atoms with Crippen molar-refractivity contribution in [3.8, 4) is 0 Å². The van der Waals surface area contributed by atoms with Crippen molar-refractivity contribution < 1.29 is 57.1 Å². The van der Waals surface area contributed by atoms with Gasteiger partial charge in [0.1, 0.15) is 25.1 Å². The van der Waals surface area contributed by atoms with Crippen LogP contribution >= 0.6 is 15.6 Å². The highest BCUT2D eigenvalue weighted by atomic mass is 31.3. The highest BCUT2D eigenvalue weighted by Gasteiger charge is 2.45. The van der Waals surface area contributed by atoms with Crippen LogP contribution in [0.3, 0.4) is 0 Å². The van der Waals surface area contributed by atoms with Crippen molar-refractivity contribution in [3.63, 3.8) is 0 Å². The number of rotatable bonds is 6. The summed E-state index contributed by atoms with van der Waals surface area (Å²) in [6, 6.07) is 0.962. The Morgan fingerprint density at radius 3 is 2.27 bits per heavy atom. The van der Waals surface area contributed by atoms with Crippen LogP contribution in [-0.4, -0.2) is 79.4 Å². The highest BCUT2D eigenvalue weighted by Crippen LogP contribution is 2.57. The van der Waals surface area contributed by atoms with E-state index in [-0.39, 0.29) is 0 Å². The summed E-state index contributed by atoms with van der Waals surface area (Å²) < 4.78 is 45.1. The Kier molecular flexibility index (Phi) is 8.64. The number of phosphoric ester groups is 1. The summed E-state index contributed by atoms with van der Waals surface area (Å²) in [7, 11) is -10.5. The van der Waals surface area contributed by atoms with E-state index in [9.17, 15) is 28.9 Å². The van der Waals surface area contributed by atoms with Crippen molar-refractivity contribution in [1.82, 2.24) is 9.55 Å². The van der Waals surface area contributed by atoms with E-state index in [1.807, 2.05) is 4.98 Å². The first-order chi connectivity index (χ1) is 13.9. The molecule has 2 aliphatic rings. The number of nitrogens with one attached hydrogen (secondary N) is 1. The maximum atomic E-state index is 11.7. The first kappa shape index (κ1) is 25.0. The van der Waals surface area contributed by atoms with Gasteiger partial charge in [-0.3, -0.25) is 18.9 Å². The molecule has 1 aromatic heterocycles. The molecule has 1 aromatic rings. The van der Waals surface area contributed by atoms with E-state index in [1.54, 1.807) is 0 Å². The zero-order valence-electron chi connectivity index (χ0n) is 15.0. The molecule has 0 aliphatic carbocycles. The van der Waals surface area contributed by atoms with E-state index in [2.05, 4.69) is 8.83 Å². The molecule has 16 nitrogen and oxygen atoms in total. The Hall–Kier alpha value is -1.26. The summed E-state index contributed by atoms with van der Waals surface area (Å²) in [6.45, 7) is 1.15. The molecule has 18 heteroatoms. The second-order valence-corrected chi connectivity index (χ2v) is 8.66. The zero-order valence-corrected chi connectivity index (χ0v) is 16.8. The van der Waals surface area contributed by atoms with Crippen molar-refractivity contribution in [3.05, 3.63) is 33.1 Å². The molecular weight excluding hydrogens is 458 g/mol. The molecule has 6 N–H and O–H groups in total. The smallest absolute Gasteiger partial charge is 0.387 e. The van der Waals surface area contributed by atoms with E-state index in [1.165, 1.54) is 0 Å². The van der Waals surface area contributed by atoms with Gasteiger partial charge in [0.15, 0.2) is 6.23 Å². The van der Waals surface area contributed by atoms with Crippen molar-refractivity contribution in [2.75, 3.05) is 26.6 Å². The summed E-state index contributed by atoms with van der Waals surface area (Å²) in [5.41, 5.74) is -1.65. The van der Waals surface area contributed by atoms with Gasteiger partial charge in [-0.2, -0.15) is 4.31 Å². The van der Waals surface area contributed by atoms with Gasteiger partial charge >= 0.3 is 21.3 Å². The van der Waals surface area contributed by atoms with Gasteiger partial charge in [-0.15, -0.1) is 0 Å². The Morgan fingerprint density at radius 1 is 1.13 bits per heavy atom. The zero-order chi connectivity index (χ0) is 22.5. The van der Waals surface area contributed by atoms with Crippen LogP contribution < -0.4 is 11.2 Å². The molecule has 5 atom stereocenters. The molecule has 0 radical (unpaired) electrons. The molecule has 2 fully saturated rings. The summed E-state index contributed by atoms with van der Waals surface area (Å²) in [5.74, 6) is 0. The van der Waals surface area contributed by atoms with Crippen molar-refractivity contribution in [1.29, 1.82) is 0 Å². The van der Waals surface area contributed by atoms with Gasteiger partial charge < -0.3 is 39.1 Å². The first-order valence-electron chi connectivity index (χ1n) is 8.12. The molecule has 0 spiro atoms. The number of hydrogen-bond acceptors (Lipinski definition) is 11. The number of aliphatic hydroxyl groups is 2. The Balaban J connectivity index is 0.000000558. The third kappa shape index (κ3) is 7.46. The number of aromatic amines is 1. The fraction of sp³-hybridized carbons (Fsp3) is 0.667. The highest BCUT2D eigenvalue weighted by molar-refractivity contribution is 7.60. The second-order valence-electron chi connectivity index (χ2n) is 5.83. The fourth-order valence-corrected chi connectivity index (χ4v) is 3.94. The molecule has 0 amide bonds. The molecule has 2 saturated heterocycles. The summed E-state index contributed by atoms with van der Waals surface area (Å²) >= 11 is 0. The lowest BCUT2D eigenvalue weighted by Gasteiger charge is -2.17. The predicted octanol–water partition coefficient (Wildman–Crippen LogP) is -2.63. The third-order valence-electron chi connectivity index (χ3n) is 3.61. The van der Waals surface area contributed by atoms with Crippen LogP contribution in [0.2, 0.25) is 0 Å². The molecule has 0 aromatic carbocycles. The molecule has 172 valence electrons. The molecular formula is C12H20N2O14P2. The van der Waals surface area contributed by atoms with Gasteiger partial charge in [-0.05, 0) is 0 Å².